The number of nitrogens with one attached hydrogen (secondary N) is 1. The van der Waals surface area contributed by atoms with Crippen LogP contribution in [0.15, 0.2) is 0 Å². The molecule has 2 heterocycles. The minimum absolute atomic E-state index is 0.0108. The molecule has 3 aliphatic rings. The Kier molecular flexibility index (Phi) is 2.69. The molecule has 2 aliphatic heterocycles. The molecule has 1 N–H and O–H groups in total. The summed E-state index contributed by atoms with van der Waals surface area (Å²) in [6.45, 7) is 3.93. The minimum Gasteiger partial charge on any atom is -0.315 e. The van der Waals surface area contributed by atoms with E-state index >= 15 is 0 Å². The van der Waals surface area contributed by atoms with E-state index in [2.05, 4.69) is 12.2 Å². The van der Waals surface area contributed by atoms with Crippen LogP contribution in [0.5, 0.6) is 0 Å². The van der Waals surface area contributed by atoms with Gasteiger partial charge in [-0.2, -0.15) is 0 Å². The van der Waals surface area contributed by atoms with Crippen LogP contribution >= 0.6 is 0 Å². The Balaban J connectivity index is 1.83. The van der Waals surface area contributed by atoms with Crippen molar-refractivity contribution in [2.45, 2.75) is 38.6 Å². The van der Waals surface area contributed by atoms with E-state index in [4.69, 9.17) is 0 Å². The smallest absolute Gasteiger partial charge is 0.233 e. The Morgan fingerprint density at radius 1 is 1.12 bits per heavy atom. The third kappa shape index (κ3) is 1.61. The number of carbonyl (C=O) groups excluding carboxylic acids is 2. The average Bonchev–Trinajstić information content (AvgIpc) is 2.87. The van der Waals surface area contributed by atoms with Crippen LogP contribution in [0.4, 0.5) is 0 Å². The van der Waals surface area contributed by atoms with E-state index in [1.807, 2.05) is 0 Å². The van der Waals surface area contributed by atoms with Gasteiger partial charge in [-0.25, -0.2) is 0 Å². The van der Waals surface area contributed by atoms with Gasteiger partial charge in [0.2, 0.25) is 11.8 Å². The molecule has 17 heavy (non-hydrogen) atoms. The molecule has 94 valence electrons. The number of hydrogen-bond acceptors (Lipinski definition) is 3. The first-order valence-electron chi connectivity index (χ1n) is 6.78. The fraction of sp³-hybridized carbons (Fsp3) is 0.846. The summed E-state index contributed by atoms with van der Waals surface area (Å²) in [4.78, 5) is 26.2. The predicted molar refractivity (Wildman–Crippen MR) is 63.1 cm³/mol. The maximum Gasteiger partial charge on any atom is 0.233 e. The lowest BCUT2D eigenvalue weighted by Crippen LogP contribution is -2.53. The van der Waals surface area contributed by atoms with Crippen molar-refractivity contribution in [2.75, 3.05) is 13.1 Å². The number of nitrogens with zero attached hydrogens (tertiary/aromatic N) is 1. The lowest BCUT2D eigenvalue weighted by molar-refractivity contribution is -0.144. The fourth-order valence-corrected chi connectivity index (χ4v) is 3.66. The van der Waals surface area contributed by atoms with Gasteiger partial charge in [0.15, 0.2) is 0 Å². The van der Waals surface area contributed by atoms with Crippen molar-refractivity contribution in [2.24, 2.45) is 17.8 Å². The van der Waals surface area contributed by atoms with Gasteiger partial charge in [0.1, 0.15) is 0 Å². The molecule has 4 unspecified atom stereocenters. The van der Waals surface area contributed by atoms with Crippen molar-refractivity contribution in [3.8, 4) is 0 Å². The van der Waals surface area contributed by atoms with E-state index in [1.165, 1.54) is 0 Å². The molecule has 0 aromatic carbocycles. The minimum atomic E-state index is 0.0108. The topological polar surface area (TPSA) is 49.4 Å². The van der Waals surface area contributed by atoms with Gasteiger partial charge in [0.25, 0.3) is 0 Å². The van der Waals surface area contributed by atoms with E-state index < -0.39 is 0 Å². The molecule has 4 heteroatoms. The highest BCUT2D eigenvalue weighted by atomic mass is 16.2. The van der Waals surface area contributed by atoms with Gasteiger partial charge in [-0.3, -0.25) is 14.5 Å². The zero-order valence-corrected chi connectivity index (χ0v) is 10.3. The van der Waals surface area contributed by atoms with Crippen LogP contribution in [0, 0.1) is 17.8 Å². The summed E-state index contributed by atoms with van der Waals surface area (Å²) < 4.78 is 0. The van der Waals surface area contributed by atoms with E-state index in [1.54, 1.807) is 4.90 Å². The number of rotatable bonds is 1. The molecule has 4 nitrogen and oxygen atoms in total. The highest BCUT2D eigenvalue weighted by Gasteiger charge is 2.52. The highest BCUT2D eigenvalue weighted by Crippen LogP contribution is 2.41. The van der Waals surface area contributed by atoms with Crippen molar-refractivity contribution in [1.29, 1.82) is 0 Å². The van der Waals surface area contributed by atoms with Crippen LogP contribution in [0.25, 0.3) is 0 Å². The lowest BCUT2D eigenvalue weighted by atomic mass is 9.93. The Morgan fingerprint density at radius 2 is 1.76 bits per heavy atom. The number of hydrogen-bond donors (Lipinski definition) is 1. The van der Waals surface area contributed by atoms with Crippen molar-refractivity contribution in [1.82, 2.24) is 10.2 Å². The quantitative estimate of drug-likeness (QED) is 0.684. The second kappa shape index (κ2) is 4.09. The van der Waals surface area contributed by atoms with Crippen LogP contribution in [0.3, 0.4) is 0 Å². The normalized spacial score (nSPS) is 42.1. The molecule has 0 bridgehead atoms. The van der Waals surface area contributed by atoms with E-state index in [-0.39, 0.29) is 29.7 Å². The fourth-order valence-electron chi connectivity index (χ4n) is 3.66. The first-order chi connectivity index (χ1) is 8.20. The molecular weight excluding hydrogens is 216 g/mol. The largest absolute Gasteiger partial charge is 0.315 e. The third-order valence-corrected chi connectivity index (χ3v) is 4.74. The van der Waals surface area contributed by atoms with Gasteiger partial charge in [-0.1, -0.05) is 13.3 Å². The van der Waals surface area contributed by atoms with Gasteiger partial charge >= 0.3 is 0 Å². The Hall–Kier alpha value is -0.900. The maximum absolute atomic E-state index is 12.3. The van der Waals surface area contributed by atoms with Crippen molar-refractivity contribution < 1.29 is 9.59 Å². The Morgan fingerprint density at radius 3 is 2.35 bits per heavy atom. The Bertz CT molecular complexity index is 333. The summed E-state index contributed by atoms with van der Waals surface area (Å²) in [6.07, 6.45) is 3.93. The van der Waals surface area contributed by atoms with Gasteiger partial charge in [0.05, 0.1) is 17.9 Å². The molecule has 2 saturated heterocycles. The molecule has 0 aromatic rings. The van der Waals surface area contributed by atoms with E-state index in [0.29, 0.717) is 5.92 Å². The van der Waals surface area contributed by atoms with Crippen molar-refractivity contribution in [3.63, 3.8) is 0 Å². The number of amides is 2. The zero-order chi connectivity index (χ0) is 12.0. The molecule has 1 saturated carbocycles. The van der Waals surface area contributed by atoms with Gasteiger partial charge in [-0.15, -0.1) is 0 Å². The number of piperidine rings is 1. The molecular formula is C13H20N2O2. The lowest BCUT2D eigenvalue weighted by Gasteiger charge is -2.35. The second-order valence-electron chi connectivity index (χ2n) is 5.73. The summed E-state index contributed by atoms with van der Waals surface area (Å²) in [5.74, 6) is 0.673. The summed E-state index contributed by atoms with van der Waals surface area (Å²) in [5, 5.41) is 3.30. The molecule has 0 aromatic heterocycles. The molecule has 3 rings (SSSR count). The Labute approximate surface area is 102 Å². The van der Waals surface area contributed by atoms with E-state index in [9.17, 15) is 9.59 Å². The van der Waals surface area contributed by atoms with Crippen LogP contribution < -0.4 is 5.32 Å². The third-order valence-electron chi connectivity index (χ3n) is 4.74. The van der Waals surface area contributed by atoms with Crippen LogP contribution in [0.2, 0.25) is 0 Å². The molecule has 0 radical (unpaired) electrons. The molecule has 1 aliphatic carbocycles. The van der Waals surface area contributed by atoms with Crippen LogP contribution in [-0.2, 0) is 9.59 Å². The summed E-state index contributed by atoms with van der Waals surface area (Å²) in [7, 11) is 0. The molecule has 3 fully saturated rings. The molecule has 4 atom stereocenters. The predicted octanol–water partition coefficient (Wildman–Crippen LogP) is 0.769. The number of likely N-dealkylation sites (tertiary alicyclic amines) is 1. The first kappa shape index (κ1) is 11.2. The van der Waals surface area contributed by atoms with Crippen molar-refractivity contribution >= 4 is 11.8 Å². The van der Waals surface area contributed by atoms with Crippen LogP contribution in [-0.4, -0.2) is 35.8 Å². The highest BCUT2D eigenvalue weighted by molar-refractivity contribution is 6.05. The van der Waals surface area contributed by atoms with Gasteiger partial charge in [0, 0.05) is 6.54 Å². The van der Waals surface area contributed by atoms with E-state index in [0.717, 1.165) is 38.8 Å². The standard InChI is InChI=1S/C13H20N2O2/c1-8-5-6-14-7-11(8)15-12(16)9-3-2-4-10(9)13(15)17/h8-11,14H,2-7H2,1H3. The second-order valence-corrected chi connectivity index (χ2v) is 5.73. The summed E-state index contributed by atoms with van der Waals surface area (Å²) >= 11 is 0. The number of carbonyl (C=O) groups is 2. The zero-order valence-electron chi connectivity index (χ0n) is 10.3. The molecule has 0 spiro atoms. The van der Waals surface area contributed by atoms with Gasteiger partial charge in [-0.05, 0) is 31.7 Å². The van der Waals surface area contributed by atoms with Crippen LogP contribution in [0.1, 0.15) is 32.6 Å². The van der Waals surface area contributed by atoms with Gasteiger partial charge < -0.3 is 5.32 Å². The number of imide groups is 1. The summed E-state index contributed by atoms with van der Waals surface area (Å²) in [5.41, 5.74) is 0. The average molecular weight is 236 g/mol. The summed E-state index contributed by atoms with van der Waals surface area (Å²) in [6, 6.07) is 0.0920. The first-order valence-corrected chi connectivity index (χ1v) is 6.78. The number of fused-ring (bicyclic) bond motifs is 1. The molecule has 2 amide bonds. The monoisotopic (exact) mass is 236 g/mol. The SMILES string of the molecule is CC1CCNCC1N1C(=O)C2CCCC2C1=O. The van der Waals surface area contributed by atoms with Crippen molar-refractivity contribution in [3.05, 3.63) is 0 Å². The maximum atomic E-state index is 12.3.